The molecule has 0 saturated carbocycles. The van der Waals surface area contributed by atoms with E-state index in [0.717, 1.165) is 10.7 Å². The van der Waals surface area contributed by atoms with Crippen LogP contribution >= 0.6 is 0 Å². The van der Waals surface area contributed by atoms with Gasteiger partial charge in [0.25, 0.3) is 0 Å². The van der Waals surface area contributed by atoms with Crippen molar-refractivity contribution in [3.8, 4) is 0 Å². The van der Waals surface area contributed by atoms with Gasteiger partial charge in [-0.2, -0.15) is 5.10 Å². The van der Waals surface area contributed by atoms with Crippen LogP contribution in [0.1, 0.15) is 5.82 Å². The molecule has 1 aromatic heterocycles. The van der Waals surface area contributed by atoms with Crippen molar-refractivity contribution in [1.29, 1.82) is 0 Å². The summed E-state index contributed by atoms with van der Waals surface area (Å²) < 4.78 is 13.8. The highest BCUT2D eigenvalue weighted by molar-refractivity contribution is 7.85. The van der Waals surface area contributed by atoms with Crippen LogP contribution in [-0.2, 0) is 24.4 Å². The zero-order chi connectivity index (χ0) is 15.8. The molecular weight excluding hydrogens is 300 g/mol. The molecule has 0 fully saturated rings. The van der Waals surface area contributed by atoms with E-state index in [2.05, 4.69) is 25.7 Å². The molecule has 7 nitrogen and oxygen atoms in total. The van der Waals surface area contributed by atoms with Crippen LogP contribution in [0.15, 0.2) is 46.5 Å². The Morgan fingerprint density at radius 2 is 2.09 bits per heavy atom. The first-order valence-corrected chi connectivity index (χ1v) is 8.23. The topological polar surface area (TPSA) is 84.2 Å². The summed E-state index contributed by atoms with van der Waals surface area (Å²) in [6.07, 6.45) is 1.51. The first kappa shape index (κ1) is 16.2. The van der Waals surface area contributed by atoms with Crippen molar-refractivity contribution >= 4 is 16.8 Å². The number of hydrogen-bond donors (Lipinski definition) is 2. The number of guanidine groups is 1. The minimum Gasteiger partial charge on any atom is -0.355 e. The SMILES string of the molecule is CN=C(NCCS(=O)c1ccccc1)NCc1ncnn1C. The lowest BCUT2D eigenvalue weighted by molar-refractivity contribution is 0.672. The fourth-order valence-corrected chi connectivity index (χ4v) is 2.80. The van der Waals surface area contributed by atoms with Gasteiger partial charge in [0.1, 0.15) is 12.2 Å². The molecule has 2 N–H and O–H groups in total. The Morgan fingerprint density at radius 3 is 2.73 bits per heavy atom. The average molecular weight is 320 g/mol. The maximum Gasteiger partial charge on any atom is 0.191 e. The summed E-state index contributed by atoms with van der Waals surface area (Å²) in [5, 5.41) is 10.3. The minimum atomic E-state index is -1.01. The molecule has 0 aliphatic carbocycles. The number of rotatable bonds is 6. The second-order valence-electron chi connectivity index (χ2n) is 4.52. The van der Waals surface area contributed by atoms with E-state index in [9.17, 15) is 4.21 Å². The van der Waals surface area contributed by atoms with Crippen LogP contribution in [0.3, 0.4) is 0 Å². The predicted molar refractivity (Wildman–Crippen MR) is 86.9 cm³/mol. The quantitative estimate of drug-likeness (QED) is 0.590. The van der Waals surface area contributed by atoms with Gasteiger partial charge in [0.2, 0.25) is 0 Å². The van der Waals surface area contributed by atoms with E-state index in [0.29, 0.717) is 24.8 Å². The Labute approximate surface area is 132 Å². The minimum absolute atomic E-state index is 0.522. The summed E-state index contributed by atoms with van der Waals surface area (Å²) >= 11 is 0. The van der Waals surface area contributed by atoms with Gasteiger partial charge in [-0.1, -0.05) is 18.2 Å². The highest BCUT2D eigenvalue weighted by Gasteiger charge is 2.05. The van der Waals surface area contributed by atoms with Gasteiger partial charge in [-0.25, -0.2) is 4.98 Å². The Balaban J connectivity index is 1.75. The predicted octanol–water partition coefficient (Wildman–Crippen LogP) is 0.288. The van der Waals surface area contributed by atoms with Crippen LogP contribution in [0.4, 0.5) is 0 Å². The number of benzene rings is 1. The molecule has 118 valence electrons. The Kier molecular flexibility index (Phi) is 6.08. The lowest BCUT2D eigenvalue weighted by Gasteiger charge is -2.11. The summed E-state index contributed by atoms with van der Waals surface area (Å²) in [7, 11) is 2.52. The summed E-state index contributed by atoms with van der Waals surface area (Å²) in [4.78, 5) is 9.09. The Morgan fingerprint density at radius 1 is 1.32 bits per heavy atom. The summed E-state index contributed by atoms with van der Waals surface area (Å²) in [6, 6.07) is 9.44. The number of aliphatic imine (C=N–C) groups is 1. The van der Waals surface area contributed by atoms with Crippen molar-refractivity contribution in [2.75, 3.05) is 19.3 Å². The normalized spacial score (nSPS) is 12.9. The number of aromatic nitrogens is 3. The smallest absolute Gasteiger partial charge is 0.191 e. The van der Waals surface area contributed by atoms with Gasteiger partial charge in [-0.05, 0) is 12.1 Å². The van der Waals surface area contributed by atoms with Crippen LogP contribution < -0.4 is 10.6 Å². The highest BCUT2D eigenvalue weighted by Crippen LogP contribution is 2.04. The summed E-state index contributed by atoms with van der Waals surface area (Å²) in [5.41, 5.74) is 0. The molecule has 0 amide bonds. The zero-order valence-electron chi connectivity index (χ0n) is 12.7. The van der Waals surface area contributed by atoms with Crippen LogP contribution in [0.2, 0.25) is 0 Å². The van der Waals surface area contributed by atoms with Gasteiger partial charge in [0.15, 0.2) is 5.96 Å². The molecule has 0 aliphatic heterocycles. The third kappa shape index (κ3) is 4.66. The number of nitrogens with zero attached hydrogens (tertiary/aromatic N) is 4. The maximum atomic E-state index is 12.1. The molecule has 2 rings (SSSR count). The van der Waals surface area contributed by atoms with E-state index in [-0.39, 0.29) is 0 Å². The summed E-state index contributed by atoms with van der Waals surface area (Å²) in [6.45, 7) is 1.10. The van der Waals surface area contributed by atoms with E-state index < -0.39 is 10.8 Å². The number of aryl methyl sites for hydroxylation is 1. The first-order valence-electron chi connectivity index (χ1n) is 6.91. The van der Waals surface area contributed by atoms with Crippen molar-refractivity contribution in [3.05, 3.63) is 42.5 Å². The van der Waals surface area contributed by atoms with Crippen LogP contribution in [0.25, 0.3) is 0 Å². The van der Waals surface area contributed by atoms with Crippen molar-refractivity contribution in [2.45, 2.75) is 11.4 Å². The largest absolute Gasteiger partial charge is 0.355 e. The third-order valence-corrected chi connectivity index (χ3v) is 4.40. The molecule has 2 aromatic rings. The molecule has 0 radical (unpaired) electrons. The molecule has 0 saturated heterocycles. The molecular formula is C14H20N6OS. The first-order chi connectivity index (χ1) is 10.7. The monoisotopic (exact) mass is 320 g/mol. The fraction of sp³-hybridized carbons (Fsp3) is 0.357. The van der Waals surface area contributed by atoms with Gasteiger partial charge >= 0.3 is 0 Å². The molecule has 1 aromatic carbocycles. The number of nitrogens with one attached hydrogen (secondary N) is 2. The van der Waals surface area contributed by atoms with Crippen LogP contribution in [0, 0.1) is 0 Å². The van der Waals surface area contributed by atoms with Crippen molar-refractivity contribution < 1.29 is 4.21 Å². The van der Waals surface area contributed by atoms with E-state index in [4.69, 9.17) is 0 Å². The van der Waals surface area contributed by atoms with Gasteiger partial charge < -0.3 is 10.6 Å². The summed E-state index contributed by atoms with van der Waals surface area (Å²) in [5.74, 6) is 1.98. The van der Waals surface area contributed by atoms with E-state index in [1.807, 2.05) is 37.4 Å². The maximum absolute atomic E-state index is 12.1. The average Bonchev–Trinajstić information content (AvgIpc) is 2.96. The standard InChI is InChI=1S/C14H20N6OS/c1-15-14(17-10-13-18-11-19-20(13)2)16-8-9-22(21)12-6-4-3-5-7-12/h3-7,11H,8-10H2,1-2H3,(H2,15,16,17). The number of hydrogen-bond acceptors (Lipinski definition) is 4. The van der Waals surface area contributed by atoms with Crippen molar-refractivity contribution in [3.63, 3.8) is 0 Å². The van der Waals surface area contributed by atoms with Crippen LogP contribution in [-0.4, -0.2) is 44.3 Å². The molecule has 22 heavy (non-hydrogen) atoms. The lowest BCUT2D eigenvalue weighted by atomic mass is 10.4. The molecule has 1 heterocycles. The molecule has 1 unspecified atom stereocenters. The van der Waals surface area contributed by atoms with Crippen molar-refractivity contribution in [1.82, 2.24) is 25.4 Å². The molecule has 8 heteroatoms. The zero-order valence-corrected chi connectivity index (χ0v) is 13.5. The van der Waals surface area contributed by atoms with Gasteiger partial charge in [0.05, 0.1) is 17.3 Å². The van der Waals surface area contributed by atoms with Gasteiger partial charge in [-0.15, -0.1) is 0 Å². The molecule has 0 aliphatic rings. The Hall–Kier alpha value is -2.22. The van der Waals surface area contributed by atoms with E-state index >= 15 is 0 Å². The third-order valence-electron chi connectivity index (χ3n) is 3.03. The van der Waals surface area contributed by atoms with Gasteiger partial charge in [-0.3, -0.25) is 13.9 Å². The Bertz CT molecular complexity index is 640. The van der Waals surface area contributed by atoms with E-state index in [1.54, 1.807) is 11.7 Å². The second kappa shape index (κ2) is 8.28. The molecule has 0 bridgehead atoms. The molecule has 1 atom stereocenters. The fourth-order valence-electron chi connectivity index (χ4n) is 1.82. The van der Waals surface area contributed by atoms with Crippen LogP contribution in [0.5, 0.6) is 0 Å². The van der Waals surface area contributed by atoms with Gasteiger partial charge in [0, 0.05) is 31.3 Å². The molecule has 0 spiro atoms. The van der Waals surface area contributed by atoms with Crippen molar-refractivity contribution in [2.24, 2.45) is 12.0 Å². The van der Waals surface area contributed by atoms with E-state index in [1.165, 1.54) is 6.33 Å². The highest BCUT2D eigenvalue weighted by atomic mass is 32.2. The second-order valence-corrected chi connectivity index (χ2v) is 6.09. The lowest BCUT2D eigenvalue weighted by Crippen LogP contribution is -2.39.